The zero-order valence-corrected chi connectivity index (χ0v) is 23.9. The number of rotatable bonds is 3. The van der Waals surface area contributed by atoms with Crippen LogP contribution in [0.1, 0.15) is 33.3 Å². The van der Waals surface area contributed by atoms with Crippen molar-refractivity contribution in [3.63, 3.8) is 0 Å². The van der Waals surface area contributed by atoms with E-state index in [1.165, 1.54) is 46.3 Å². The first-order valence-corrected chi connectivity index (χ1v) is 11.3. The molecule has 1 fully saturated rings. The predicted molar refractivity (Wildman–Crippen MR) is 137 cm³/mol. The van der Waals surface area contributed by atoms with Crippen LogP contribution in [0.4, 0.5) is 0 Å². The Morgan fingerprint density at radius 1 is 0.417 bits per heavy atom. The maximum Gasteiger partial charge on any atom is 2.00 e. The first-order valence-electron chi connectivity index (χ1n) is 11.3. The molecular formula is C31H29Cl2N2Rh. The fourth-order valence-corrected chi connectivity index (χ4v) is 4.14. The van der Waals surface area contributed by atoms with Crippen LogP contribution in [-0.2, 0) is 19.5 Å². The molecule has 2 aromatic heterocycles. The van der Waals surface area contributed by atoms with Gasteiger partial charge < -0.3 is 24.8 Å². The molecule has 0 aliphatic heterocycles. The van der Waals surface area contributed by atoms with Gasteiger partial charge in [0.25, 0.3) is 0 Å². The van der Waals surface area contributed by atoms with Gasteiger partial charge in [-0.15, -0.1) is 0 Å². The molecule has 0 atom stereocenters. The Kier molecular flexibility index (Phi) is 13.5. The van der Waals surface area contributed by atoms with Crippen LogP contribution in [0.3, 0.4) is 0 Å². The van der Waals surface area contributed by atoms with E-state index in [2.05, 4.69) is 92.3 Å². The van der Waals surface area contributed by atoms with Crippen molar-refractivity contribution in [2.75, 3.05) is 0 Å². The summed E-state index contributed by atoms with van der Waals surface area (Å²) in [5, 5.41) is 0. The summed E-state index contributed by atoms with van der Waals surface area (Å²) in [7, 11) is 0. The minimum absolute atomic E-state index is 0. The normalized spacial score (nSPS) is 14.6. The van der Waals surface area contributed by atoms with Crippen LogP contribution in [0, 0.1) is 29.6 Å². The maximum atomic E-state index is 4.19. The molecule has 0 saturated heterocycles. The Bertz CT molecular complexity index is 1070. The summed E-state index contributed by atoms with van der Waals surface area (Å²) < 4.78 is 0. The molecule has 2 nitrogen and oxygen atoms in total. The van der Waals surface area contributed by atoms with Crippen LogP contribution in [0.5, 0.6) is 0 Å². The van der Waals surface area contributed by atoms with Gasteiger partial charge in [0, 0.05) is 18.3 Å². The maximum absolute atomic E-state index is 4.19. The zero-order valence-electron chi connectivity index (χ0n) is 20.8. The van der Waals surface area contributed by atoms with Gasteiger partial charge in [0.15, 0.2) is 0 Å². The minimum atomic E-state index is 0. The first kappa shape index (κ1) is 32.0. The van der Waals surface area contributed by atoms with Gasteiger partial charge in [0.1, 0.15) is 0 Å². The molecule has 2 heterocycles. The topological polar surface area (TPSA) is 25.8 Å². The second-order valence-electron chi connectivity index (χ2n) is 8.25. The molecule has 1 aliphatic rings. The van der Waals surface area contributed by atoms with Crippen molar-refractivity contribution in [3.05, 3.63) is 139 Å². The van der Waals surface area contributed by atoms with Crippen molar-refractivity contribution in [1.82, 2.24) is 9.97 Å². The number of halogens is 2. The molecule has 0 N–H and O–H groups in total. The molecule has 5 heteroatoms. The van der Waals surface area contributed by atoms with Crippen LogP contribution < -0.4 is 24.8 Å². The van der Waals surface area contributed by atoms with E-state index in [-0.39, 0.29) is 44.3 Å². The van der Waals surface area contributed by atoms with E-state index in [4.69, 9.17) is 0 Å². The molecule has 36 heavy (non-hydrogen) atoms. The summed E-state index contributed by atoms with van der Waals surface area (Å²) >= 11 is 0. The van der Waals surface area contributed by atoms with E-state index < -0.39 is 0 Å². The van der Waals surface area contributed by atoms with Crippen molar-refractivity contribution in [2.24, 2.45) is 0 Å². The molecule has 0 amide bonds. The Morgan fingerprint density at radius 2 is 0.806 bits per heavy atom. The molecule has 0 unspecified atom stereocenters. The van der Waals surface area contributed by atoms with E-state index in [1.54, 1.807) is 12.4 Å². The van der Waals surface area contributed by atoms with Gasteiger partial charge in [-0.25, -0.2) is 0 Å². The van der Waals surface area contributed by atoms with Gasteiger partial charge in [0.2, 0.25) is 0 Å². The summed E-state index contributed by atoms with van der Waals surface area (Å²) in [6.07, 6.45) is 3.54. The fourth-order valence-electron chi connectivity index (χ4n) is 4.14. The summed E-state index contributed by atoms with van der Waals surface area (Å²) in [5.41, 5.74) is 5.69. The third-order valence-corrected chi connectivity index (χ3v) is 6.31. The second kappa shape index (κ2) is 15.3. The van der Waals surface area contributed by atoms with Gasteiger partial charge in [0.05, 0.1) is 11.4 Å². The minimum Gasteiger partial charge on any atom is -1.00 e. The molecule has 1 saturated carbocycles. The smallest absolute Gasteiger partial charge is 1.00 e. The zero-order chi connectivity index (χ0) is 23.2. The predicted octanol–water partition coefficient (Wildman–Crippen LogP) is 1.82. The van der Waals surface area contributed by atoms with Crippen molar-refractivity contribution in [2.45, 2.75) is 27.7 Å². The Hall–Kier alpha value is -2.06. The van der Waals surface area contributed by atoms with Crippen LogP contribution >= 0.6 is 0 Å². The van der Waals surface area contributed by atoms with Gasteiger partial charge in [-0.2, -0.15) is 0 Å². The van der Waals surface area contributed by atoms with Crippen molar-refractivity contribution in [3.8, 4) is 22.5 Å². The summed E-state index contributed by atoms with van der Waals surface area (Å²) in [6.45, 7) is 8.91. The largest absolute Gasteiger partial charge is 2.00 e. The van der Waals surface area contributed by atoms with E-state index in [9.17, 15) is 0 Å². The van der Waals surface area contributed by atoms with E-state index in [0.717, 1.165) is 11.4 Å². The quantitative estimate of drug-likeness (QED) is 0.335. The van der Waals surface area contributed by atoms with Crippen LogP contribution in [0.15, 0.2) is 103 Å². The average Bonchev–Trinajstić information content (AvgIpc) is 3.08. The van der Waals surface area contributed by atoms with Crippen LogP contribution in [-0.4, -0.2) is 9.97 Å². The first-order chi connectivity index (χ1) is 16.1. The third-order valence-electron chi connectivity index (χ3n) is 6.31. The van der Waals surface area contributed by atoms with Gasteiger partial charge in [-0.3, -0.25) is 9.97 Å². The number of hydrogen-bond donors (Lipinski definition) is 0. The molecule has 0 spiro atoms. The van der Waals surface area contributed by atoms with Gasteiger partial charge in [-0.1, -0.05) is 94.4 Å². The van der Waals surface area contributed by atoms with Crippen molar-refractivity contribution in [1.29, 1.82) is 0 Å². The number of hydrogen-bond acceptors (Lipinski definition) is 2. The third kappa shape index (κ3) is 7.48. The van der Waals surface area contributed by atoms with Gasteiger partial charge >= 0.3 is 19.5 Å². The Morgan fingerprint density at radius 3 is 1.22 bits per heavy atom. The molecule has 6 radical (unpaired) electrons. The number of aromatic nitrogens is 2. The summed E-state index contributed by atoms with van der Waals surface area (Å²) in [6, 6.07) is 31.1. The number of nitrogens with zero attached hydrogens (tertiary/aromatic N) is 2. The number of pyridine rings is 2. The van der Waals surface area contributed by atoms with Gasteiger partial charge in [-0.05, 0) is 64.6 Å². The molecule has 2 aromatic carbocycles. The van der Waals surface area contributed by atoms with Crippen LogP contribution in [0.2, 0.25) is 0 Å². The monoisotopic (exact) mass is 602 g/mol. The van der Waals surface area contributed by atoms with E-state index >= 15 is 0 Å². The van der Waals surface area contributed by atoms with E-state index in [0.29, 0.717) is 0 Å². The van der Waals surface area contributed by atoms with Crippen LogP contribution in [0.25, 0.3) is 22.5 Å². The van der Waals surface area contributed by atoms with Crippen molar-refractivity contribution < 1.29 is 44.3 Å². The van der Waals surface area contributed by atoms with E-state index in [1.807, 2.05) is 36.4 Å². The Labute approximate surface area is 242 Å². The summed E-state index contributed by atoms with van der Waals surface area (Å²) in [5.74, 6) is 7.09. The molecular weight excluding hydrogens is 574 g/mol. The summed E-state index contributed by atoms with van der Waals surface area (Å²) in [4.78, 5) is 8.37. The SMILES string of the molecule is C[C]1[C](C)[C](C)[C](c2ccc(-c3ccccc3)cc2)[C]1C.[Cl-].[Cl-].[Rh+2].c1ccc(-c2ccccn2)nc1. The Balaban J connectivity index is 0.000000373. The molecule has 0 bridgehead atoms. The number of benzene rings is 2. The van der Waals surface area contributed by atoms with Crippen molar-refractivity contribution >= 4 is 0 Å². The fraction of sp³-hybridized carbons (Fsp3) is 0.129. The second-order valence-corrected chi connectivity index (χ2v) is 8.25. The molecule has 1 aliphatic carbocycles. The molecule has 186 valence electrons. The molecule has 5 rings (SSSR count). The standard InChI is InChI=1S/C21H21.C10H8N2.2ClH.Rh/c1-14-15(2)17(4)21(16(14)3)20-12-10-19(11-13-20)18-8-6-5-7-9-18;1-3-7-11-9(5-1)10-6-2-4-8-12-10;;;/h5-13H,1-4H3;1-8H;2*1H;/q;;;;+2/p-2. The average molecular weight is 603 g/mol. The molecule has 4 aromatic rings.